The van der Waals surface area contributed by atoms with E-state index < -0.39 is 0 Å². The summed E-state index contributed by atoms with van der Waals surface area (Å²) >= 11 is 3.47. The van der Waals surface area contributed by atoms with Crippen LogP contribution in [0.5, 0.6) is 0 Å². The number of hydrogen-bond acceptors (Lipinski definition) is 1. The Morgan fingerprint density at radius 2 is 2.14 bits per heavy atom. The molecule has 76 valence electrons. The molecule has 0 aliphatic carbocycles. The summed E-state index contributed by atoms with van der Waals surface area (Å²) in [6.07, 6.45) is 3.05. The first-order valence-electron chi connectivity index (χ1n) is 5.08. The Morgan fingerprint density at radius 3 is 2.79 bits per heavy atom. The average Bonchev–Trinajstić information content (AvgIpc) is 2.67. The van der Waals surface area contributed by atoms with Gasteiger partial charge in [-0.25, -0.2) is 0 Å². The van der Waals surface area contributed by atoms with Gasteiger partial charge in [0.15, 0.2) is 0 Å². The Bertz CT molecular complexity index is 311. The smallest absolute Gasteiger partial charge is 0.0832 e. The fourth-order valence-electron chi connectivity index (χ4n) is 2.00. The van der Waals surface area contributed by atoms with Crippen LogP contribution in [0, 0.1) is 6.92 Å². The topological polar surface area (TPSA) is 9.23 Å². The van der Waals surface area contributed by atoms with Gasteiger partial charge >= 0.3 is 0 Å². The highest BCUT2D eigenvalue weighted by Gasteiger charge is 2.26. The van der Waals surface area contributed by atoms with Gasteiger partial charge < -0.3 is 4.74 Å². The van der Waals surface area contributed by atoms with Crippen LogP contribution in [0.1, 0.15) is 30.1 Å². The summed E-state index contributed by atoms with van der Waals surface area (Å²) in [5.41, 5.74) is 2.70. The molecule has 2 atom stereocenters. The van der Waals surface area contributed by atoms with E-state index in [-0.39, 0.29) is 0 Å². The van der Waals surface area contributed by atoms with Crippen LogP contribution in [-0.2, 0) is 4.74 Å². The molecule has 0 N–H and O–H groups in total. The molecule has 0 saturated carbocycles. The third kappa shape index (κ3) is 2.01. The minimum Gasteiger partial charge on any atom is -0.369 e. The number of aryl methyl sites for hydroxylation is 1. The van der Waals surface area contributed by atoms with E-state index in [1.807, 2.05) is 0 Å². The Hall–Kier alpha value is -0.340. The van der Waals surface area contributed by atoms with Crippen molar-refractivity contribution in [3.63, 3.8) is 0 Å². The van der Waals surface area contributed by atoms with Crippen LogP contribution in [0.25, 0.3) is 0 Å². The van der Waals surface area contributed by atoms with Crippen molar-refractivity contribution in [3.05, 3.63) is 35.4 Å². The van der Waals surface area contributed by atoms with Crippen LogP contribution in [0.2, 0.25) is 0 Å². The Labute approximate surface area is 93.6 Å². The highest BCUT2D eigenvalue weighted by atomic mass is 79.9. The van der Waals surface area contributed by atoms with Crippen LogP contribution >= 0.6 is 15.9 Å². The third-order valence-electron chi connectivity index (χ3n) is 2.81. The molecule has 1 fully saturated rings. The molecule has 0 bridgehead atoms. The molecular weight excluding hydrogens is 240 g/mol. The average molecular weight is 255 g/mol. The number of alkyl halides is 1. The maximum Gasteiger partial charge on any atom is 0.0832 e. The van der Waals surface area contributed by atoms with Gasteiger partial charge in [0.1, 0.15) is 0 Å². The van der Waals surface area contributed by atoms with Crippen molar-refractivity contribution in [2.75, 3.05) is 5.33 Å². The molecule has 0 unspecified atom stereocenters. The molecule has 0 amide bonds. The quantitative estimate of drug-likeness (QED) is 0.733. The van der Waals surface area contributed by atoms with Gasteiger partial charge in [-0.3, -0.25) is 0 Å². The maximum atomic E-state index is 5.93. The van der Waals surface area contributed by atoms with E-state index in [4.69, 9.17) is 4.74 Å². The molecule has 0 radical (unpaired) electrons. The van der Waals surface area contributed by atoms with Crippen LogP contribution in [-0.4, -0.2) is 11.4 Å². The molecule has 0 spiro atoms. The van der Waals surface area contributed by atoms with Crippen LogP contribution in [0.15, 0.2) is 24.3 Å². The first-order chi connectivity index (χ1) is 6.81. The molecule has 1 saturated heterocycles. The van der Waals surface area contributed by atoms with Gasteiger partial charge in [0.05, 0.1) is 12.2 Å². The van der Waals surface area contributed by atoms with Crippen molar-refractivity contribution in [2.24, 2.45) is 0 Å². The van der Waals surface area contributed by atoms with E-state index in [2.05, 4.69) is 47.1 Å². The highest BCUT2D eigenvalue weighted by molar-refractivity contribution is 9.09. The number of hydrogen-bond donors (Lipinski definition) is 0. The zero-order chi connectivity index (χ0) is 9.97. The summed E-state index contributed by atoms with van der Waals surface area (Å²) in [6, 6.07) is 8.50. The fraction of sp³-hybridized carbons (Fsp3) is 0.500. The predicted molar refractivity (Wildman–Crippen MR) is 61.8 cm³/mol. The molecule has 1 aliphatic rings. The molecule has 2 heteroatoms. The number of ether oxygens (including phenoxy) is 1. The first kappa shape index (κ1) is 10.2. The SMILES string of the molecule is Cc1ccccc1[C@H]1CC[C@H](CBr)O1. The van der Waals surface area contributed by atoms with Crippen molar-refractivity contribution in [1.29, 1.82) is 0 Å². The number of rotatable bonds is 2. The van der Waals surface area contributed by atoms with E-state index >= 15 is 0 Å². The van der Waals surface area contributed by atoms with Crippen molar-refractivity contribution in [2.45, 2.75) is 32.0 Å². The van der Waals surface area contributed by atoms with Crippen molar-refractivity contribution >= 4 is 15.9 Å². The van der Waals surface area contributed by atoms with E-state index in [9.17, 15) is 0 Å². The standard InChI is InChI=1S/C12H15BrO/c1-9-4-2-3-5-11(9)12-7-6-10(8-13)14-12/h2-5,10,12H,6-8H2,1H3/t10-,12-/m1/s1. The van der Waals surface area contributed by atoms with E-state index in [0.717, 1.165) is 11.8 Å². The Morgan fingerprint density at radius 1 is 1.36 bits per heavy atom. The van der Waals surface area contributed by atoms with Crippen molar-refractivity contribution in [1.82, 2.24) is 0 Å². The molecule has 14 heavy (non-hydrogen) atoms. The van der Waals surface area contributed by atoms with Gasteiger partial charge in [-0.1, -0.05) is 40.2 Å². The minimum atomic E-state index is 0.318. The molecule has 1 heterocycles. The molecule has 1 aromatic rings. The van der Waals surface area contributed by atoms with Crippen LogP contribution in [0.3, 0.4) is 0 Å². The second-order valence-corrected chi connectivity index (χ2v) is 4.48. The highest BCUT2D eigenvalue weighted by Crippen LogP contribution is 2.34. The molecule has 2 rings (SSSR count). The van der Waals surface area contributed by atoms with E-state index in [1.165, 1.54) is 17.5 Å². The second-order valence-electron chi connectivity index (χ2n) is 3.83. The summed E-state index contributed by atoms with van der Waals surface area (Å²) in [4.78, 5) is 0. The molecule has 1 aromatic carbocycles. The Balaban J connectivity index is 2.13. The summed E-state index contributed by atoms with van der Waals surface area (Å²) in [5.74, 6) is 0. The molecule has 0 aromatic heterocycles. The minimum absolute atomic E-state index is 0.318. The van der Waals surface area contributed by atoms with E-state index in [0.29, 0.717) is 12.2 Å². The summed E-state index contributed by atoms with van der Waals surface area (Å²) in [6.45, 7) is 2.15. The first-order valence-corrected chi connectivity index (χ1v) is 6.20. The lowest BCUT2D eigenvalue weighted by molar-refractivity contribution is 0.0585. The van der Waals surface area contributed by atoms with Crippen molar-refractivity contribution in [3.8, 4) is 0 Å². The lowest BCUT2D eigenvalue weighted by Crippen LogP contribution is -2.07. The normalized spacial score (nSPS) is 26.7. The summed E-state index contributed by atoms with van der Waals surface area (Å²) in [7, 11) is 0. The van der Waals surface area contributed by atoms with Crippen LogP contribution < -0.4 is 0 Å². The predicted octanol–water partition coefficient (Wildman–Crippen LogP) is 3.61. The number of halogens is 1. The van der Waals surface area contributed by atoms with E-state index in [1.54, 1.807) is 0 Å². The fourth-order valence-corrected chi connectivity index (χ4v) is 2.47. The number of benzene rings is 1. The second kappa shape index (κ2) is 4.45. The van der Waals surface area contributed by atoms with Gasteiger partial charge in [-0.05, 0) is 30.9 Å². The Kier molecular flexibility index (Phi) is 3.24. The monoisotopic (exact) mass is 254 g/mol. The molecule has 1 aliphatic heterocycles. The lowest BCUT2D eigenvalue weighted by Gasteiger charge is -2.14. The van der Waals surface area contributed by atoms with Crippen molar-refractivity contribution < 1.29 is 4.74 Å². The van der Waals surface area contributed by atoms with Gasteiger partial charge in [0, 0.05) is 5.33 Å². The van der Waals surface area contributed by atoms with Gasteiger partial charge in [0.2, 0.25) is 0 Å². The summed E-state index contributed by atoms with van der Waals surface area (Å²) in [5, 5.41) is 0.954. The molecular formula is C12H15BrO. The van der Waals surface area contributed by atoms with Gasteiger partial charge in [-0.15, -0.1) is 0 Å². The zero-order valence-electron chi connectivity index (χ0n) is 8.37. The third-order valence-corrected chi connectivity index (χ3v) is 3.54. The van der Waals surface area contributed by atoms with Crippen LogP contribution in [0.4, 0.5) is 0 Å². The summed E-state index contributed by atoms with van der Waals surface area (Å²) < 4.78 is 5.93. The zero-order valence-corrected chi connectivity index (χ0v) is 9.96. The van der Waals surface area contributed by atoms with Gasteiger partial charge in [0.25, 0.3) is 0 Å². The molecule has 1 nitrogen and oxygen atoms in total. The maximum absolute atomic E-state index is 5.93. The van der Waals surface area contributed by atoms with Gasteiger partial charge in [-0.2, -0.15) is 0 Å². The largest absolute Gasteiger partial charge is 0.369 e. The lowest BCUT2D eigenvalue weighted by atomic mass is 10.0.